The van der Waals surface area contributed by atoms with Crippen LogP contribution in [0.1, 0.15) is 16.9 Å². The Morgan fingerprint density at radius 1 is 1.14 bits per heavy atom. The highest BCUT2D eigenvalue weighted by Crippen LogP contribution is 2.29. The van der Waals surface area contributed by atoms with Gasteiger partial charge in [0.05, 0.1) is 12.5 Å². The van der Waals surface area contributed by atoms with Crippen molar-refractivity contribution in [2.75, 3.05) is 0 Å². The van der Waals surface area contributed by atoms with Crippen LogP contribution in [0.25, 0.3) is 11.0 Å². The number of furan rings is 1. The zero-order valence-electron chi connectivity index (χ0n) is 11.8. The number of nitrogens with zero attached hydrogens (tertiary/aromatic N) is 1. The molecule has 0 saturated heterocycles. The third-order valence-corrected chi connectivity index (χ3v) is 3.47. The molecule has 1 heterocycles. The second-order valence-corrected chi connectivity index (χ2v) is 4.90. The standard InChI is InChI=1S/C18H15NO2/c1-13-16(9-10-19)17-11-15(7-8-18(17)21-13)20-12-14-5-3-2-4-6-14/h2-8,11H,9,12H2,1H3. The summed E-state index contributed by atoms with van der Waals surface area (Å²) < 4.78 is 11.5. The highest BCUT2D eigenvalue weighted by atomic mass is 16.5. The highest BCUT2D eigenvalue weighted by Gasteiger charge is 2.11. The van der Waals surface area contributed by atoms with Crippen LogP contribution in [0.3, 0.4) is 0 Å². The molecule has 21 heavy (non-hydrogen) atoms. The van der Waals surface area contributed by atoms with E-state index in [4.69, 9.17) is 14.4 Å². The Hall–Kier alpha value is -2.73. The van der Waals surface area contributed by atoms with E-state index in [0.29, 0.717) is 13.0 Å². The number of ether oxygens (including phenoxy) is 1. The predicted molar refractivity (Wildman–Crippen MR) is 81.0 cm³/mol. The maximum absolute atomic E-state index is 8.92. The van der Waals surface area contributed by atoms with Gasteiger partial charge in [0.15, 0.2) is 0 Å². The van der Waals surface area contributed by atoms with E-state index in [1.165, 1.54) is 0 Å². The second-order valence-electron chi connectivity index (χ2n) is 4.90. The minimum absolute atomic E-state index is 0.348. The molecule has 1 aromatic heterocycles. The van der Waals surface area contributed by atoms with E-state index in [2.05, 4.69) is 6.07 Å². The van der Waals surface area contributed by atoms with Gasteiger partial charge in [0.1, 0.15) is 23.7 Å². The Morgan fingerprint density at radius 2 is 1.95 bits per heavy atom. The number of benzene rings is 2. The molecule has 0 aliphatic rings. The van der Waals surface area contributed by atoms with Crippen molar-refractivity contribution < 1.29 is 9.15 Å². The first kappa shape index (κ1) is 13.3. The van der Waals surface area contributed by atoms with Crippen LogP contribution in [0, 0.1) is 18.3 Å². The molecule has 0 radical (unpaired) electrons. The van der Waals surface area contributed by atoms with Gasteiger partial charge in [0, 0.05) is 10.9 Å². The fourth-order valence-electron chi connectivity index (χ4n) is 2.38. The lowest BCUT2D eigenvalue weighted by atomic mass is 10.1. The number of rotatable bonds is 4. The number of fused-ring (bicyclic) bond motifs is 1. The van der Waals surface area contributed by atoms with Crippen molar-refractivity contribution >= 4 is 11.0 Å². The molecule has 0 bridgehead atoms. The molecule has 0 saturated carbocycles. The Kier molecular flexibility index (Phi) is 3.61. The van der Waals surface area contributed by atoms with Gasteiger partial charge in [-0.15, -0.1) is 0 Å². The Bertz CT molecular complexity index is 797. The first-order valence-electron chi connectivity index (χ1n) is 6.83. The number of nitriles is 1. The topological polar surface area (TPSA) is 46.2 Å². The first-order valence-corrected chi connectivity index (χ1v) is 6.83. The molecule has 0 aliphatic heterocycles. The molecule has 0 fully saturated rings. The molecule has 0 aliphatic carbocycles. The number of hydrogen-bond donors (Lipinski definition) is 0. The van der Waals surface area contributed by atoms with Gasteiger partial charge in [0.25, 0.3) is 0 Å². The first-order chi connectivity index (χ1) is 10.3. The van der Waals surface area contributed by atoms with Gasteiger partial charge in [-0.1, -0.05) is 30.3 Å². The molecule has 0 unspecified atom stereocenters. The number of hydrogen-bond acceptors (Lipinski definition) is 3. The van der Waals surface area contributed by atoms with Crippen LogP contribution < -0.4 is 4.74 Å². The molecule has 3 heteroatoms. The molecule has 0 atom stereocenters. The minimum atomic E-state index is 0.348. The van der Waals surface area contributed by atoms with Gasteiger partial charge in [-0.25, -0.2) is 0 Å². The van der Waals surface area contributed by atoms with Crippen LogP contribution in [-0.4, -0.2) is 0 Å². The smallest absolute Gasteiger partial charge is 0.134 e. The summed E-state index contributed by atoms with van der Waals surface area (Å²) in [4.78, 5) is 0. The van der Waals surface area contributed by atoms with Crippen LogP contribution in [-0.2, 0) is 13.0 Å². The van der Waals surface area contributed by atoms with Crippen LogP contribution in [0.4, 0.5) is 0 Å². The molecule has 104 valence electrons. The Morgan fingerprint density at radius 3 is 2.71 bits per heavy atom. The summed E-state index contributed by atoms with van der Waals surface area (Å²) >= 11 is 0. The van der Waals surface area contributed by atoms with Crippen LogP contribution in [0.15, 0.2) is 52.9 Å². The monoisotopic (exact) mass is 277 g/mol. The molecule has 3 rings (SSSR count). The third kappa shape index (κ3) is 2.75. The van der Waals surface area contributed by atoms with E-state index < -0.39 is 0 Å². The van der Waals surface area contributed by atoms with Crippen LogP contribution in [0.5, 0.6) is 5.75 Å². The average molecular weight is 277 g/mol. The molecule has 2 aromatic carbocycles. The fourth-order valence-corrected chi connectivity index (χ4v) is 2.38. The average Bonchev–Trinajstić information content (AvgIpc) is 2.82. The van der Waals surface area contributed by atoms with Crippen molar-refractivity contribution in [2.45, 2.75) is 20.0 Å². The van der Waals surface area contributed by atoms with Gasteiger partial charge in [0.2, 0.25) is 0 Å². The van der Waals surface area contributed by atoms with Crippen molar-refractivity contribution in [1.29, 1.82) is 5.26 Å². The van der Waals surface area contributed by atoms with Crippen LogP contribution in [0.2, 0.25) is 0 Å². The quantitative estimate of drug-likeness (QED) is 0.710. The third-order valence-electron chi connectivity index (χ3n) is 3.47. The summed E-state index contributed by atoms with van der Waals surface area (Å²) in [7, 11) is 0. The largest absolute Gasteiger partial charge is 0.489 e. The van der Waals surface area contributed by atoms with Crippen molar-refractivity contribution in [3.8, 4) is 11.8 Å². The van der Waals surface area contributed by atoms with Gasteiger partial charge in [-0.05, 0) is 30.7 Å². The summed E-state index contributed by atoms with van der Waals surface area (Å²) in [5, 5.41) is 9.88. The van der Waals surface area contributed by atoms with Gasteiger partial charge in [-0.2, -0.15) is 5.26 Å². The fraction of sp³-hybridized carbons (Fsp3) is 0.167. The van der Waals surface area contributed by atoms with Crippen molar-refractivity contribution in [1.82, 2.24) is 0 Å². The van der Waals surface area contributed by atoms with Gasteiger partial charge < -0.3 is 9.15 Å². The highest BCUT2D eigenvalue weighted by molar-refractivity contribution is 5.84. The van der Waals surface area contributed by atoms with E-state index in [-0.39, 0.29) is 0 Å². The SMILES string of the molecule is Cc1oc2ccc(OCc3ccccc3)cc2c1CC#N. The zero-order chi connectivity index (χ0) is 14.7. The predicted octanol–water partition coefficient (Wildman–Crippen LogP) is 4.39. The summed E-state index contributed by atoms with van der Waals surface area (Å²) in [6.07, 6.45) is 0.348. The maximum Gasteiger partial charge on any atom is 0.134 e. The van der Waals surface area contributed by atoms with Crippen molar-refractivity contribution in [3.05, 3.63) is 65.4 Å². The van der Waals surface area contributed by atoms with Crippen molar-refractivity contribution in [3.63, 3.8) is 0 Å². The normalized spacial score (nSPS) is 10.5. The van der Waals surface area contributed by atoms with E-state index in [9.17, 15) is 0 Å². The molecule has 0 amide bonds. The lowest BCUT2D eigenvalue weighted by Gasteiger charge is -2.06. The maximum atomic E-state index is 8.92. The summed E-state index contributed by atoms with van der Waals surface area (Å²) in [6, 6.07) is 17.9. The minimum Gasteiger partial charge on any atom is -0.489 e. The lowest BCUT2D eigenvalue weighted by molar-refractivity contribution is 0.306. The Labute approximate surface area is 123 Å². The van der Waals surface area contributed by atoms with E-state index in [1.54, 1.807) is 0 Å². The van der Waals surface area contributed by atoms with E-state index in [0.717, 1.165) is 33.6 Å². The molecule has 0 N–H and O–H groups in total. The summed E-state index contributed by atoms with van der Waals surface area (Å²) in [6.45, 7) is 2.41. The Balaban J connectivity index is 1.87. The van der Waals surface area contributed by atoms with Gasteiger partial charge >= 0.3 is 0 Å². The summed E-state index contributed by atoms with van der Waals surface area (Å²) in [5.74, 6) is 1.58. The molecule has 0 spiro atoms. The van der Waals surface area contributed by atoms with Crippen molar-refractivity contribution in [2.24, 2.45) is 0 Å². The second kappa shape index (κ2) is 5.72. The molecule has 3 aromatic rings. The summed E-state index contributed by atoms with van der Waals surface area (Å²) in [5.41, 5.74) is 2.86. The van der Waals surface area contributed by atoms with Gasteiger partial charge in [-0.3, -0.25) is 0 Å². The van der Waals surface area contributed by atoms with E-state index >= 15 is 0 Å². The number of aryl methyl sites for hydroxylation is 1. The molecule has 3 nitrogen and oxygen atoms in total. The van der Waals surface area contributed by atoms with Crippen LogP contribution >= 0.6 is 0 Å². The zero-order valence-corrected chi connectivity index (χ0v) is 11.8. The lowest BCUT2D eigenvalue weighted by Crippen LogP contribution is -1.94. The molecular formula is C18H15NO2. The molecular weight excluding hydrogens is 262 g/mol. The van der Waals surface area contributed by atoms with E-state index in [1.807, 2.05) is 55.5 Å².